The van der Waals surface area contributed by atoms with E-state index in [2.05, 4.69) is 37.8 Å². The summed E-state index contributed by atoms with van der Waals surface area (Å²) in [5.41, 5.74) is 3.74. The van der Waals surface area contributed by atoms with Crippen molar-refractivity contribution in [2.75, 3.05) is 5.32 Å². The molecule has 2 aromatic carbocycles. The number of ketones is 1. The van der Waals surface area contributed by atoms with Gasteiger partial charge in [-0.25, -0.2) is 4.68 Å². The molecule has 2 aliphatic rings. The molecule has 2 N–H and O–H groups in total. The van der Waals surface area contributed by atoms with Crippen molar-refractivity contribution < 1.29 is 4.79 Å². The zero-order valence-corrected chi connectivity index (χ0v) is 19.9. The van der Waals surface area contributed by atoms with Crippen LogP contribution in [0.25, 0.3) is 5.69 Å². The van der Waals surface area contributed by atoms with Crippen molar-refractivity contribution in [2.45, 2.75) is 24.7 Å². The first kappa shape index (κ1) is 20.4. The maximum Gasteiger partial charge on any atom is 0.277 e. The lowest BCUT2D eigenvalue weighted by Crippen LogP contribution is -2.31. The second kappa shape index (κ2) is 8.01. The van der Waals surface area contributed by atoms with Crippen LogP contribution in [0.2, 0.25) is 0 Å². The quantitative estimate of drug-likeness (QED) is 0.353. The smallest absolute Gasteiger partial charge is 0.277 e. The fourth-order valence-corrected chi connectivity index (χ4v) is 6.24. The Bertz CT molecular complexity index is 1450. The maximum absolute atomic E-state index is 13.7. The maximum atomic E-state index is 13.7. The summed E-state index contributed by atoms with van der Waals surface area (Å²) in [5.74, 6) is 0.493. The lowest BCUT2D eigenvalue weighted by atomic mass is 9.74. The highest BCUT2D eigenvalue weighted by atomic mass is 79.9. The number of para-hydroxylation sites is 1. The summed E-state index contributed by atoms with van der Waals surface area (Å²) in [6.07, 6.45) is 1.20. The van der Waals surface area contributed by atoms with Gasteiger partial charge in [0.25, 0.3) is 5.56 Å². The molecule has 0 bridgehead atoms. The second-order valence-electron chi connectivity index (χ2n) is 8.43. The predicted molar refractivity (Wildman–Crippen MR) is 134 cm³/mol. The topological polar surface area (TPSA) is 66.9 Å². The van der Waals surface area contributed by atoms with Crippen LogP contribution in [-0.4, -0.2) is 15.6 Å². The average Bonchev–Trinajstić information content (AvgIpc) is 3.47. The zero-order chi connectivity index (χ0) is 22.5. The van der Waals surface area contributed by atoms with Crippen LogP contribution in [0.15, 0.2) is 92.6 Å². The molecule has 164 valence electrons. The van der Waals surface area contributed by atoms with Gasteiger partial charge in [0.05, 0.1) is 11.3 Å². The van der Waals surface area contributed by atoms with E-state index in [1.807, 2.05) is 60.7 Å². The van der Waals surface area contributed by atoms with Crippen molar-refractivity contribution in [2.24, 2.45) is 0 Å². The number of nitrogens with one attached hydrogen (secondary N) is 2. The Morgan fingerprint density at radius 3 is 2.58 bits per heavy atom. The number of aromatic nitrogens is 2. The highest BCUT2D eigenvalue weighted by Gasteiger charge is 2.41. The van der Waals surface area contributed by atoms with Crippen molar-refractivity contribution in [3.05, 3.63) is 114 Å². The number of aromatic amines is 1. The number of anilines is 1. The van der Waals surface area contributed by atoms with Crippen LogP contribution in [0.4, 0.5) is 5.82 Å². The molecule has 2 aromatic heterocycles. The predicted octanol–water partition coefficient (Wildman–Crippen LogP) is 5.95. The third kappa shape index (κ3) is 3.43. The van der Waals surface area contributed by atoms with Gasteiger partial charge in [-0.15, -0.1) is 11.3 Å². The number of carbonyl (C=O) groups is 1. The highest BCUT2D eigenvalue weighted by Crippen LogP contribution is 2.47. The molecule has 4 aromatic rings. The van der Waals surface area contributed by atoms with Gasteiger partial charge in [-0.1, -0.05) is 52.3 Å². The van der Waals surface area contributed by atoms with Crippen LogP contribution in [-0.2, 0) is 4.79 Å². The number of halogens is 1. The summed E-state index contributed by atoms with van der Waals surface area (Å²) in [4.78, 5) is 28.5. The van der Waals surface area contributed by atoms with Crippen LogP contribution in [0.5, 0.6) is 0 Å². The number of hydrogen-bond donors (Lipinski definition) is 2. The molecule has 0 saturated heterocycles. The molecule has 1 aliphatic heterocycles. The Labute approximate surface area is 202 Å². The van der Waals surface area contributed by atoms with E-state index in [1.54, 1.807) is 16.0 Å². The van der Waals surface area contributed by atoms with E-state index in [0.29, 0.717) is 23.4 Å². The number of rotatable bonds is 3. The fourth-order valence-electron chi connectivity index (χ4n) is 5.00. The van der Waals surface area contributed by atoms with Crippen LogP contribution < -0.4 is 10.9 Å². The summed E-state index contributed by atoms with van der Waals surface area (Å²) in [7, 11) is 0. The molecule has 5 nitrogen and oxygen atoms in total. The van der Waals surface area contributed by atoms with Crippen molar-refractivity contribution in [3.8, 4) is 5.69 Å². The first-order valence-corrected chi connectivity index (χ1v) is 12.5. The Morgan fingerprint density at radius 2 is 1.82 bits per heavy atom. The fraction of sp³-hybridized carbons (Fsp3) is 0.154. The number of fused-ring (bicyclic) bond motifs is 1. The van der Waals surface area contributed by atoms with Gasteiger partial charge in [0.2, 0.25) is 0 Å². The Morgan fingerprint density at radius 1 is 0.970 bits per heavy atom. The molecule has 0 fully saturated rings. The van der Waals surface area contributed by atoms with Crippen LogP contribution in [0.1, 0.15) is 40.7 Å². The molecule has 2 atom stereocenters. The van der Waals surface area contributed by atoms with Crippen LogP contribution in [0, 0.1) is 0 Å². The van der Waals surface area contributed by atoms with E-state index >= 15 is 0 Å². The Kier molecular flexibility index (Phi) is 4.96. The van der Waals surface area contributed by atoms with E-state index in [9.17, 15) is 9.59 Å². The number of allylic oxidation sites excluding steroid dienone is 2. The largest absolute Gasteiger partial charge is 0.343 e. The SMILES string of the molecule is O=C1CC(c2cccs2)CC2=C1C(c1cccc(Br)c1)c1c([nH]n(-c3ccccc3)c1=O)N2. The van der Waals surface area contributed by atoms with E-state index in [1.165, 1.54) is 4.88 Å². The third-order valence-corrected chi connectivity index (χ3v) is 7.96. The number of thiophene rings is 1. The van der Waals surface area contributed by atoms with Gasteiger partial charge in [-0.2, -0.15) is 0 Å². The third-order valence-electron chi connectivity index (χ3n) is 6.43. The molecule has 0 amide bonds. The van der Waals surface area contributed by atoms with Gasteiger partial charge in [0, 0.05) is 38.9 Å². The number of carbonyl (C=O) groups excluding carboxylic acids is 1. The number of hydrogen-bond acceptors (Lipinski definition) is 4. The van der Waals surface area contributed by atoms with Gasteiger partial charge in [-0.05, 0) is 47.7 Å². The van der Waals surface area contributed by atoms with E-state index in [4.69, 9.17) is 0 Å². The molecule has 2 unspecified atom stereocenters. The van der Waals surface area contributed by atoms with Crippen molar-refractivity contribution >= 4 is 38.9 Å². The monoisotopic (exact) mass is 517 g/mol. The lowest BCUT2D eigenvalue weighted by Gasteiger charge is -2.34. The number of nitrogens with zero attached hydrogens (tertiary/aromatic N) is 1. The van der Waals surface area contributed by atoms with Gasteiger partial charge in [0.1, 0.15) is 5.82 Å². The minimum Gasteiger partial charge on any atom is -0.343 e. The minimum absolute atomic E-state index is 0.102. The summed E-state index contributed by atoms with van der Waals surface area (Å²) in [6, 6.07) is 21.5. The van der Waals surface area contributed by atoms with Gasteiger partial charge < -0.3 is 5.32 Å². The first-order valence-electron chi connectivity index (χ1n) is 10.8. The Hall–Kier alpha value is -3.16. The van der Waals surface area contributed by atoms with Crippen molar-refractivity contribution in [1.82, 2.24) is 9.78 Å². The second-order valence-corrected chi connectivity index (χ2v) is 10.3. The van der Waals surface area contributed by atoms with Crippen LogP contribution >= 0.6 is 27.3 Å². The van der Waals surface area contributed by atoms with Gasteiger partial charge in [-0.3, -0.25) is 14.7 Å². The molecular formula is C26H20BrN3O2S. The first-order chi connectivity index (χ1) is 16.1. The molecule has 33 heavy (non-hydrogen) atoms. The molecular weight excluding hydrogens is 498 g/mol. The normalized spacial score (nSPS) is 19.7. The molecule has 3 heterocycles. The number of Topliss-reactive ketones (excluding diaryl/α,β-unsaturated/α-hetero) is 1. The molecule has 0 spiro atoms. The van der Waals surface area contributed by atoms with Crippen LogP contribution in [0.3, 0.4) is 0 Å². The van der Waals surface area contributed by atoms with E-state index in [0.717, 1.165) is 27.8 Å². The molecule has 0 radical (unpaired) electrons. The number of benzene rings is 2. The summed E-state index contributed by atoms with van der Waals surface area (Å²) in [5, 5.41) is 8.76. The van der Waals surface area contributed by atoms with E-state index in [-0.39, 0.29) is 17.3 Å². The van der Waals surface area contributed by atoms with E-state index < -0.39 is 5.92 Å². The molecule has 0 saturated carbocycles. The molecule has 6 rings (SSSR count). The summed E-state index contributed by atoms with van der Waals surface area (Å²) < 4.78 is 2.48. The molecule has 7 heteroatoms. The number of H-pyrrole nitrogens is 1. The standard InChI is InChI=1S/C26H20BrN3O2S/c27-17-7-4-6-15(12-17)22-23-19(13-16(14-20(23)31)21-10-5-11-33-21)28-25-24(22)26(32)30(29-25)18-8-2-1-3-9-18/h1-12,16,22,28-29H,13-14H2. The molecule has 1 aliphatic carbocycles. The summed E-state index contributed by atoms with van der Waals surface area (Å²) >= 11 is 5.25. The van der Waals surface area contributed by atoms with Crippen molar-refractivity contribution in [1.29, 1.82) is 0 Å². The van der Waals surface area contributed by atoms with Crippen molar-refractivity contribution in [3.63, 3.8) is 0 Å². The summed E-state index contributed by atoms with van der Waals surface area (Å²) in [6.45, 7) is 0. The van der Waals surface area contributed by atoms with Gasteiger partial charge >= 0.3 is 0 Å². The minimum atomic E-state index is -0.417. The Balaban J connectivity index is 1.54. The highest BCUT2D eigenvalue weighted by molar-refractivity contribution is 9.10. The average molecular weight is 518 g/mol. The van der Waals surface area contributed by atoms with Gasteiger partial charge in [0.15, 0.2) is 5.78 Å². The zero-order valence-electron chi connectivity index (χ0n) is 17.5. The lowest BCUT2D eigenvalue weighted by molar-refractivity contribution is -0.116.